The van der Waals surface area contributed by atoms with Crippen molar-refractivity contribution >= 4 is 34.1 Å². The first-order chi connectivity index (χ1) is 19.0. The van der Waals surface area contributed by atoms with Crippen LogP contribution in [0, 0.1) is 11.2 Å². The van der Waals surface area contributed by atoms with Crippen molar-refractivity contribution in [3.8, 4) is 22.6 Å². The number of halogens is 1. The number of benzene rings is 4. The van der Waals surface area contributed by atoms with Gasteiger partial charge in [-0.05, 0) is 90.7 Å². The molecule has 0 aliphatic heterocycles. The van der Waals surface area contributed by atoms with Crippen molar-refractivity contribution in [2.75, 3.05) is 10.6 Å². The molecule has 0 saturated heterocycles. The van der Waals surface area contributed by atoms with Crippen LogP contribution in [-0.4, -0.2) is 16.8 Å². The standard InChI is InChI=1S/C32H24FN3O3/c33-23-7-9-24(10-8-23)35-30(37)32(17-18-32)31(38)36-25-11-13-26(14-12-25)39-29-16-19-34-28-20-22(6-15-27(28)29)21-4-2-1-3-5-21/h1-16,19-20H,17-18H2,(H,35,37)(H,36,38). The Bertz CT molecular complexity index is 1670. The second kappa shape index (κ2) is 10.0. The van der Waals surface area contributed by atoms with Gasteiger partial charge in [0.1, 0.15) is 22.7 Å². The van der Waals surface area contributed by atoms with Crippen LogP contribution in [0.3, 0.4) is 0 Å². The van der Waals surface area contributed by atoms with E-state index >= 15 is 0 Å². The number of carbonyl (C=O) groups excluding carboxylic acids is 2. The largest absolute Gasteiger partial charge is 0.457 e. The van der Waals surface area contributed by atoms with Crippen LogP contribution in [0.1, 0.15) is 12.8 Å². The average Bonchev–Trinajstić information content (AvgIpc) is 3.78. The number of fused-ring (bicyclic) bond motifs is 1. The fraction of sp³-hybridized carbons (Fsp3) is 0.0938. The summed E-state index contributed by atoms with van der Waals surface area (Å²) in [6.07, 6.45) is 2.62. The minimum Gasteiger partial charge on any atom is -0.457 e. The second-order valence-electron chi connectivity index (χ2n) is 9.53. The molecule has 0 spiro atoms. The van der Waals surface area contributed by atoms with Crippen LogP contribution in [0.5, 0.6) is 11.5 Å². The Hall–Kier alpha value is -5.04. The number of pyridine rings is 1. The van der Waals surface area contributed by atoms with Gasteiger partial charge >= 0.3 is 0 Å². The zero-order chi connectivity index (χ0) is 26.8. The number of hydrogen-bond donors (Lipinski definition) is 2. The number of aromatic nitrogens is 1. The molecule has 7 heteroatoms. The van der Waals surface area contributed by atoms with Crippen molar-refractivity contribution < 1.29 is 18.7 Å². The Kier molecular flexibility index (Phi) is 6.25. The van der Waals surface area contributed by atoms with E-state index in [1.165, 1.54) is 24.3 Å². The molecule has 6 rings (SSSR count). The maximum atomic E-state index is 13.1. The van der Waals surface area contributed by atoms with Gasteiger partial charge in [0, 0.05) is 23.0 Å². The molecular formula is C32H24FN3O3. The van der Waals surface area contributed by atoms with Crippen LogP contribution < -0.4 is 15.4 Å². The first-order valence-corrected chi connectivity index (χ1v) is 12.6. The third kappa shape index (κ3) is 5.07. The molecule has 0 bridgehead atoms. The predicted molar refractivity (Wildman–Crippen MR) is 149 cm³/mol. The van der Waals surface area contributed by atoms with Crippen LogP contribution in [0.4, 0.5) is 15.8 Å². The number of nitrogens with one attached hydrogen (secondary N) is 2. The number of anilines is 2. The Morgan fingerprint density at radius 2 is 1.38 bits per heavy atom. The highest BCUT2D eigenvalue weighted by Crippen LogP contribution is 2.47. The van der Waals surface area contributed by atoms with Gasteiger partial charge in [-0.2, -0.15) is 0 Å². The number of rotatable bonds is 7. The predicted octanol–water partition coefficient (Wildman–Crippen LogP) is 7.19. The van der Waals surface area contributed by atoms with Crippen molar-refractivity contribution in [1.82, 2.24) is 4.98 Å². The Morgan fingerprint density at radius 3 is 2.03 bits per heavy atom. The molecular weight excluding hydrogens is 493 g/mol. The highest BCUT2D eigenvalue weighted by atomic mass is 19.1. The summed E-state index contributed by atoms with van der Waals surface area (Å²) in [6, 6.07) is 30.5. The van der Waals surface area contributed by atoms with Gasteiger partial charge in [-0.3, -0.25) is 14.6 Å². The fourth-order valence-electron chi connectivity index (χ4n) is 4.47. The van der Waals surface area contributed by atoms with Gasteiger partial charge in [-0.15, -0.1) is 0 Å². The van der Waals surface area contributed by atoms with E-state index in [9.17, 15) is 14.0 Å². The molecule has 192 valence electrons. The topological polar surface area (TPSA) is 80.3 Å². The summed E-state index contributed by atoms with van der Waals surface area (Å²) < 4.78 is 19.3. The molecule has 39 heavy (non-hydrogen) atoms. The number of nitrogens with zero attached hydrogens (tertiary/aromatic N) is 1. The molecule has 2 amide bonds. The highest BCUT2D eigenvalue weighted by Gasteiger charge is 2.56. The van der Waals surface area contributed by atoms with E-state index < -0.39 is 17.1 Å². The van der Waals surface area contributed by atoms with Crippen LogP contribution in [0.2, 0.25) is 0 Å². The third-order valence-corrected chi connectivity index (χ3v) is 6.87. The zero-order valence-electron chi connectivity index (χ0n) is 20.9. The molecule has 1 aliphatic carbocycles. The number of ether oxygens (including phenoxy) is 1. The molecule has 2 N–H and O–H groups in total. The quantitative estimate of drug-likeness (QED) is 0.224. The van der Waals surface area contributed by atoms with Crippen molar-refractivity contribution in [1.29, 1.82) is 0 Å². The van der Waals surface area contributed by atoms with E-state index in [0.29, 0.717) is 35.7 Å². The van der Waals surface area contributed by atoms with Crippen molar-refractivity contribution in [3.05, 3.63) is 115 Å². The maximum Gasteiger partial charge on any atom is 0.240 e. The fourth-order valence-corrected chi connectivity index (χ4v) is 4.47. The molecule has 1 fully saturated rings. The number of carbonyl (C=O) groups is 2. The molecule has 1 saturated carbocycles. The molecule has 4 aromatic carbocycles. The number of amides is 2. The Morgan fingerprint density at radius 1 is 0.744 bits per heavy atom. The van der Waals surface area contributed by atoms with Gasteiger partial charge in [-0.25, -0.2) is 4.39 Å². The first-order valence-electron chi connectivity index (χ1n) is 12.6. The van der Waals surface area contributed by atoms with Gasteiger partial charge in [0.2, 0.25) is 11.8 Å². The monoisotopic (exact) mass is 517 g/mol. The lowest BCUT2D eigenvalue weighted by atomic mass is 10.0. The normalized spacial score (nSPS) is 13.5. The minimum absolute atomic E-state index is 0.370. The highest BCUT2D eigenvalue weighted by molar-refractivity contribution is 6.16. The van der Waals surface area contributed by atoms with Crippen LogP contribution in [0.15, 0.2) is 109 Å². The van der Waals surface area contributed by atoms with E-state index in [1.54, 1.807) is 30.5 Å². The molecule has 1 aliphatic rings. The molecule has 0 atom stereocenters. The van der Waals surface area contributed by atoms with Gasteiger partial charge < -0.3 is 15.4 Å². The molecule has 1 heterocycles. The Labute approximate surface area is 224 Å². The van der Waals surface area contributed by atoms with E-state index in [0.717, 1.165) is 22.0 Å². The van der Waals surface area contributed by atoms with E-state index in [4.69, 9.17) is 4.74 Å². The van der Waals surface area contributed by atoms with Crippen molar-refractivity contribution in [2.24, 2.45) is 5.41 Å². The molecule has 0 unspecified atom stereocenters. The van der Waals surface area contributed by atoms with E-state index in [2.05, 4.69) is 27.8 Å². The summed E-state index contributed by atoms with van der Waals surface area (Å²) in [5.41, 5.74) is 2.89. The van der Waals surface area contributed by atoms with Crippen molar-refractivity contribution in [2.45, 2.75) is 12.8 Å². The maximum absolute atomic E-state index is 13.1. The second-order valence-corrected chi connectivity index (χ2v) is 9.53. The van der Waals surface area contributed by atoms with E-state index in [-0.39, 0.29) is 5.91 Å². The number of hydrogen-bond acceptors (Lipinski definition) is 4. The summed E-state index contributed by atoms with van der Waals surface area (Å²) in [5, 5.41) is 6.43. The lowest BCUT2D eigenvalue weighted by molar-refractivity contribution is -0.131. The summed E-state index contributed by atoms with van der Waals surface area (Å²) >= 11 is 0. The zero-order valence-corrected chi connectivity index (χ0v) is 20.9. The first kappa shape index (κ1) is 24.3. The summed E-state index contributed by atoms with van der Waals surface area (Å²) in [7, 11) is 0. The average molecular weight is 518 g/mol. The van der Waals surface area contributed by atoms with Gasteiger partial charge in [0.15, 0.2) is 0 Å². The lowest BCUT2D eigenvalue weighted by Gasteiger charge is -2.16. The summed E-state index contributed by atoms with van der Waals surface area (Å²) in [5.74, 6) is 0.110. The smallest absolute Gasteiger partial charge is 0.240 e. The Balaban J connectivity index is 1.13. The van der Waals surface area contributed by atoms with Crippen molar-refractivity contribution in [3.63, 3.8) is 0 Å². The van der Waals surface area contributed by atoms with Gasteiger partial charge in [0.25, 0.3) is 0 Å². The van der Waals surface area contributed by atoms with Gasteiger partial charge in [0.05, 0.1) is 5.52 Å². The summed E-state index contributed by atoms with van der Waals surface area (Å²) in [6.45, 7) is 0. The SMILES string of the molecule is O=C(Nc1ccc(F)cc1)C1(C(=O)Nc2ccc(Oc3ccnc4cc(-c5ccccc5)ccc34)cc2)CC1. The summed E-state index contributed by atoms with van der Waals surface area (Å²) in [4.78, 5) is 30.3. The van der Waals surface area contributed by atoms with E-state index in [1.807, 2.05) is 42.5 Å². The molecule has 6 nitrogen and oxygen atoms in total. The molecule has 1 aromatic heterocycles. The lowest BCUT2D eigenvalue weighted by Crippen LogP contribution is -2.35. The van der Waals surface area contributed by atoms with Crippen LogP contribution in [0.25, 0.3) is 22.0 Å². The molecule has 0 radical (unpaired) electrons. The molecule has 5 aromatic rings. The van der Waals surface area contributed by atoms with Crippen LogP contribution >= 0.6 is 0 Å². The van der Waals surface area contributed by atoms with Gasteiger partial charge in [-0.1, -0.05) is 36.4 Å². The minimum atomic E-state index is -1.13. The van der Waals surface area contributed by atoms with Crippen LogP contribution in [-0.2, 0) is 9.59 Å². The third-order valence-electron chi connectivity index (χ3n) is 6.87.